The van der Waals surface area contributed by atoms with E-state index < -0.39 is 0 Å². The molecule has 1 aromatic heterocycles. The van der Waals surface area contributed by atoms with Gasteiger partial charge in [-0.05, 0) is 12.5 Å². The summed E-state index contributed by atoms with van der Waals surface area (Å²) in [6.45, 7) is 2.74. The Morgan fingerprint density at radius 3 is 2.85 bits per heavy atom. The molecular formula is C9H11Cl2NO. The smallest absolute Gasteiger partial charge is 0.232 e. The topological polar surface area (TPSA) is 22.1 Å². The van der Waals surface area contributed by atoms with Crippen LogP contribution in [-0.2, 0) is 0 Å². The number of halogens is 2. The highest BCUT2D eigenvalue weighted by atomic mass is 35.5. The van der Waals surface area contributed by atoms with Gasteiger partial charge < -0.3 is 4.74 Å². The lowest BCUT2D eigenvalue weighted by atomic mass is 10.4. The maximum Gasteiger partial charge on any atom is 0.232 e. The number of rotatable bonds is 4. The molecule has 1 rings (SSSR count). The van der Waals surface area contributed by atoms with E-state index in [1.807, 2.05) is 0 Å². The second-order valence-corrected chi connectivity index (χ2v) is 3.49. The van der Waals surface area contributed by atoms with Gasteiger partial charge in [0, 0.05) is 6.20 Å². The Morgan fingerprint density at radius 2 is 2.23 bits per heavy atom. The summed E-state index contributed by atoms with van der Waals surface area (Å²) < 4.78 is 5.33. The van der Waals surface area contributed by atoms with Crippen molar-refractivity contribution in [1.82, 2.24) is 4.98 Å². The molecule has 0 spiro atoms. The lowest BCUT2D eigenvalue weighted by Crippen LogP contribution is -1.98. The van der Waals surface area contributed by atoms with Gasteiger partial charge in [0.25, 0.3) is 0 Å². The zero-order valence-corrected chi connectivity index (χ0v) is 8.90. The summed E-state index contributed by atoms with van der Waals surface area (Å²) in [4.78, 5) is 3.96. The van der Waals surface area contributed by atoms with E-state index in [0.717, 1.165) is 12.8 Å². The summed E-state index contributed by atoms with van der Waals surface area (Å²) in [7, 11) is 0. The van der Waals surface area contributed by atoms with Crippen LogP contribution in [0, 0.1) is 0 Å². The fraction of sp³-hybridized carbons (Fsp3) is 0.444. The molecule has 1 heterocycles. The molecule has 0 aliphatic rings. The number of ether oxygens (including phenoxy) is 1. The van der Waals surface area contributed by atoms with E-state index in [9.17, 15) is 0 Å². The zero-order valence-electron chi connectivity index (χ0n) is 7.39. The van der Waals surface area contributed by atoms with Gasteiger partial charge in [-0.2, -0.15) is 0 Å². The third kappa shape index (κ3) is 3.41. The van der Waals surface area contributed by atoms with Crippen LogP contribution in [0.5, 0.6) is 5.88 Å². The first-order valence-corrected chi connectivity index (χ1v) is 4.93. The number of pyridine rings is 1. The van der Waals surface area contributed by atoms with Crippen molar-refractivity contribution in [2.75, 3.05) is 6.61 Å². The van der Waals surface area contributed by atoms with Gasteiger partial charge in [0.1, 0.15) is 5.02 Å². The number of aromatic nitrogens is 1. The molecule has 0 amide bonds. The molecule has 0 aromatic carbocycles. The molecule has 0 aliphatic heterocycles. The Labute approximate surface area is 87.8 Å². The van der Waals surface area contributed by atoms with Gasteiger partial charge in [0.15, 0.2) is 0 Å². The van der Waals surface area contributed by atoms with Crippen LogP contribution in [-0.4, -0.2) is 11.6 Å². The molecule has 0 bridgehead atoms. The van der Waals surface area contributed by atoms with Gasteiger partial charge in [0.05, 0.1) is 11.6 Å². The van der Waals surface area contributed by atoms with Crippen molar-refractivity contribution in [3.63, 3.8) is 0 Å². The van der Waals surface area contributed by atoms with Gasteiger partial charge in [-0.3, -0.25) is 0 Å². The Bertz CT molecular complexity index is 278. The van der Waals surface area contributed by atoms with E-state index in [-0.39, 0.29) is 0 Å². The van der Waals surface area contributed by atoms with Crippen molar-refractivity contribution >= 4 is 23.2 Å². The minimum Gasteiger partial charge on any atom is -0.477 e. The van der Waals surface area contributed by atoms with Crippen molar-refractivity contribution in [2.24, 2.45) is 0 Å². The lowest BCUT2D eigenvalue weighted by molar-refractivity contribution is 0.298. The fourth-order valence-electron chi connectivity index (χ4n) is 0.821. The third-order valence-electron chi connectivity index (χ3n) is 1.51. The molecule has 0 radical (unpaired) electrons. The summed E-state index contributed by atoms with van der Waals surface area (Å²) in [6.07, 6.45) is 3.61. The van der Waals surface area contributed by atoms with Gasteiger partial charge in [-0.15, -0.1) is 0 Å². The second kappa shape index (κ2) is 5.30. The Balaban J connectivity index is 2.56. The van der Waals surface area contributed by atoms with Crippen LogP contribution in [0.2, 0.25) is 10.0 Å². The zero-order chi connectivity index (χ0) is 9.68. The standard InChI is InChI=1S/C9H11Cl2NO/c1-2-3-4-13-9-8(11)5-7(10)6-12-9/h5-6H,2-4H2,1H3. The first-order valence-electron chi connectivity index (χ1n) is 4.18. The SMILES string of the molecule is CCCCOc1ncc(Cl)cc1Cl. The molecule has 1 aromatic rings. The highest BCUT2D eigenvalue weighted by Gasteiger charge is 2.02. The molecule has 0 atom stereocenters. The maximum absolute atomic E-state index is 5.84. The molecule has 0 saturated carbocycles. The lowest BCUT2D eigenvalue weighted by Gasteiger charge is -2.05. The van der Waals surface area contributed by atoms with Crippen LogP contribution in [0.15, 0.2) is 12.3 Å². The summed E-state index contributed by atoms with van der Waals surface area (Å²) >= 11 is 11.5. The number of hydrogen-bond acceptors (Lipinski definition) is 2. The summed E-state index contributed by atoms with van der Waals surface area (Å²) in [5.74, 6) is 0.458. The van der Waals surface area contributed by atoms with Crippen molar-refractivity contribution in [2.45, 2.75) is 19.8 Å². The third-order valence-corrected chi connectivity index (χ3v) is 1.99. The molecule has 0 unspecified atom stereocenters. The van der Waals surface area contributed by atoms with Gasteiger partial charge >= 0.3 is 0 Å². The molecule has 0 saturated heterocycles. The van der Waals surface area contributed by atoms with E-state index in [2.05, 4.69) is 11.9 Å². The van der Waals surface area contributed by atoms with E-state index in [4.69, 9.17) is 27.9 Å². The fourth-order valence-corrected chi connectivity index (χ4v) is 1.26. The van der Waals surface area contributed by atoms with E-state index in [1.54, 1.807) is 6.07 Å². The number of hydrogen-bond donors (Lipinski definition) is 0. The Hall–Kier alpha value is -0.470. The first kappa shape index (κ1) is 10.6. The van der Waals surface area contributed by atoms with E-state index in [1.165, 1.54) is 6.20 Å². The number of nitrogens with zero attached hydrogens (tertiary/aromatic N) is 1. The van der Waals surface area contributed by atoms with Crippen LogP contribution in [0.3, 0.4) is 0 Å². The highest BCUT2D eigenvalue weighted by molar-refractivity contribution is 6.35. The monoisotopic (exact) mass is 219 g/mol. The normalized spacial score (nSPS) is 10.1. The minimum atomic E-state index is 0.458. The van der Waals surface area contributed by atoms with Gasteiger partial charge in [-0.25, -0.2) is 4.98 Å². The van der Waals surface area contributed by atoms with Crippen molar-refractivity contribution < 1.29 is 4.74 Å². The molecule has 4 heteroatoms. The Morgan fingerprint density at radius 1 is 1.46 bits per heavy atom. The van der Waals surface area contributed by atoms with Crippen molar-refractivity contribution in [3.8, 4) is 5.88 Å². The first-order chi connectivity index (χ1) is 6.24. The molecule has 13 heavy (non-hydrogen) atoms. The molecule has 0 fully saturated rings. The summed E-state index contributed by atoms with van der Waals surface area (Å²) in [5, 5.41) is 0.983. The van der Waals surface area contributed by atoms with Crippen LogP contribution in [0.4, 0.5) is 0 Å². The molecule has 2 nitrogen and oxygen atoms in total. The van der Waals surface area contributed by atoms with Crippen LogP contribution in [0.1, 0.15) is 19.8 Å². The molecule has 0 N–H and O–H groups in total. The minimum absolute atomic E-state index is 0.458. The second-order valence-electron chi connectivity index (χ2n) is 2.64. The predicted molar refractivity (Wildman–Crippen MR) is 54.7 cm³/mol. The van der Waals surface area contributed by atoms with Gasteiger partial charge in [-0.1, -0.05) is 36.5 Å². The summed E-state index contributed by atoms with van der Waals surface area (Å²) in [6, 6.07) is 1.62. The van der Waals surface area contributed by atoms with Crippen LogP contribution in [0.25, 0.3) is 0 Å². The Kier molecular flexibility index (Phi) is 4.33. The van der Waals surface area contributed by atoms with Gasteiger partial charge in [0.2, 0.25) is 5.88 Å². The molecule has 0 aliphatic carbocycles. The van der Waals surface area contributed by atoms with Crippen LogP contribution < -0.4 is 4.74 Å². The quantitative estimate of drug-likeness (QED) is 0.723. The van der Waals surface area contributed by atoms with Crippen molar-refractivity contribution in [3.05, 3.63) is 22.3 Å². The van der Waals surface area contributed by atoms with E-state index >= 15 is 0 Å². The summed E-state index contributed by atoms with van der Waals surface area (Å²) in [5.41, 5.74) is 0. The average Bonchev–Trinajstić information content (AvgIpc) is 2.09. The van der Waals surface area contributed by atoms with E-state index in [0.29, 0.717) is 22.5 Å². The number of unbranched alkanes of at least 4 members (excludes halogenated alkanes) is 1. The highest BCUT2D eigenvalue weighted by Crippen LogP contribution is 2.24. The molecule has 72 valence electrons. The van der Waals surface area contributed by atoms with Crippen LogP contribution >= 0.6 is 23.2 Å². The maximum atomic E-state index is 5.84. The van der Waals surface area contributed by atoms with Crippen molar-refractivity contribution in [1.29, 1.82) is 0 Å². The largest absolute Gasteiger partial charge is 0.477 e. The average molecular weight is 220 g/mol. The predicted octanol–water partition coefficient (Wildman–Crippen LogP) is 3.57. The molecular weight excluding hydrogens is 209 g/mol.